The zero-order chi connectivity index (χ0) is 17.2. The van der Waals surface area contributed by atoms with E-state index in [0.717, 1.165) is 0 Å². The maximum absolute atomic E-state index is 12.4. The van der Waals surface area contributed by atoms with Gasteiger partial charge in [0.15, 0.2) is 0 Å². The molecule has 3 rings (SSSR count). The predicted molar refractivity (Wildman–Crippen MR) is 90.4 cm³/mol. The van der Waals surface area contributed by atoms with Crippen molar-refractivity contribution in [2.75, 3.05) is 0 Å². The Hall–Kier alpha value is -3.14. The van der Waals surface area contributed by atoms with Gasteiger partial charge in [-0.3, -0.25) is 9.59 Å². The Balaban J connectivity index is 2.34. The third-order valence-electron chi connectivity index (χ3n) is 4.38. The van der Waals surface area contributed by atoms with Crippen molar-refractivity contribution in [3.05, 3.63) is 90.0 Å². The van der Waals surface area contributed by atoms with Crippen LogP contribution in [0.25, 0.3) is 5.57 Å². The summed E-state index contributed by atoms with van der Waals surface area (Å²) in [5.74, 6) is -3.54. The van der Waals surface area contributed by atoms with E-state index in [1.165, 1.54) is 6.08 Å². The average Bonchev–Trinajstić information content (AvgIpc) is 2.62. The van der Waals surface area contributed by atoms with Gasteiger partial charge < -0.3 is 10.2 Å². The summed E-state index contributed by atoms with van der Waals surface area (Å²) in [5.41, 5.74) is -0.0659. The lowest BCUT2D eigenvalue weighted by Gasteiger charge is -2.38. The van der Waals surface area contributed by atoms with Crippen molar-refractivity contribution in [1.82, 2.24) is 0 Å². The smallest absolute Gasteiger partial charge is 0.319 e. The number of rotatable bonds is 4. The number of aliphatic carboxylic acids is 2. The van der Waals surface area contributed by atoms with Gasteiger partial charge in [-0.2, -0.15) is 0 Å². The molecule has 0 heterocycles. The van der Waals surface area contributed by atoms with Gasteiger partial charge in [-0.05, 0) is 16.7 Å². The van der Waals surface area contributed by atoms with Crippen LogP contribution in [0.2, 0.25) is 0 Å². The quantitative estimate of drug-likeness (QED) is 0.906. The Labute approximate surface area is 139 Å². The van der Waals surface area contributed by atoms with E-state index in [2.05, 4.69) is 0 Å². The van der Waals surface area contributed by atoms with Crippen molar-refractivity contribution in [3.8, 4) is 0 Å². The monoisotopic (exact) mass is 320 g/mol. The van der Waals surface area contributed by atoms with Crippen LogP contribution in [0, 0.1) is 5.92 Å². The van der Waals surface area contributed by atoms with Gasteiger partial charge in [0.1, 0.15) is 5.41 Å². The van der Waals surface area contributed by atoms with E-state index in [0.29, 0.717) is 16.7 Å². The summed E-state index contributed by atoms with van der Waals surface area (Å²) in [6.07, 6.45) is 4.75. The second-order valence-electron chi connectivity index (χ2n) is 5.63. The summed E-state index contributed by atoms with van der Waals surface area (Å²) < 4.78 is 0. The van der Waals surface area contributed by atoms with E-state index < -0.39 is 23.3 Å². The minimum absolute atomic E-state index is 0.448. The normalized spacial score (nSPS) is 22.7. The van der Waals surface area contributed by atoms with Crippen LogP contribution in [-0.4, -0.2) is 22.2 Å². The van der Waals surface area contributed by atoms with Gasteiger partial charge in [0.25, 0.3) is 0 Å². The van der Waals surface area contributed by atoms with E-state index >= 15 is 0 Å². The van der Waals surface area contributed by atoms with Gasteiger partial charge >= 0.3 is 11.9 Å². The molecule has 120 valence electrons. The minimum atomic E-state index is -1.68. The number of carboxylic acid groups (broad SMARTS) is 2. The molecule has 2 N–H and O–H groups in total. The van der Waals surface area contributed by atoms with Gasteiger partial charge in [0.2, 0.25) is 0 Å². The molecule has 0 saturated heterocycles. The summed E-state index contributed by atoms with van der Waals surface area (Å²) >= 11 is 0. The van der Waals surface area contributed by atoms with Crippen LogP contribution in [0.5, 0.6) is 0 Å². The van der Waals surface area contributed by atoms with E-state index in [4.69, 9.17) is 0 Å². The summed E-state index contributed by atoms with van der Waals surface area (Å²) in [4.78, 5) is 24.3. The molecular formula is C20H16O4. The molecule has 2 aromatic carbocycles. The SMILES string of the molecule is O=C(O)C1C=CC=C(c2ccccc2)C1(C(=O)O)c1ccccc1. The van der Waals surface area contributed by atoms with Crippen molar-refractivity contribution in [2.24, 2.45) is 5.92 Å². The average molecular weight is 320 g/mol. The van der Waals surface area contributed by atoms with Crippen molar-refractivity contribution >= 4 is 17.5 Å². The first-order chi connectivity index (χ1) is 11.6. The Kier molecular flexibility index (Phi) is 4.04. The Morgan fingerprint density at radius 3 is 2.00 bits per heavy atom. The highest BCUT2D eigenvalue weighted by atomic mass is 16.4. The zero-order valence-corrected chi connectivity index (χ0v) is 12.8. The number of benzene rings is 2. The molecule has 0 radical (unpaired) electrons. The summed E-state index contributed by atoms with van der Waals surface area (Å²) in [7, 11) is 0. The van der Waals surface area contributed by atoms with Gasteiger partial charge in [0.05, 0.1) is 5.92 Å². The van der Waals surface area contributed by atoms with E-state index in [1.54, 1.807) is 54.6 Å². The fraction of sp³-hybridized carbons (Fsp3) is 0.100. The molecule has 4 heteroatoms. The molecular weight excluding hydrogens is 304 g/mol. The van der Waals surface area contributed by atoms with Crippen LogP contribution in [-0.2, 0) is 15.0 Å². The van der Waals surface area contributed by atoms with E-state index in [1.807, 2.05) is 18.2 Å². The topological polar surface area (TPSA) is 74.6 Å². The molecule has 0 aliphatic heterocycles. The first-order valence-electron chi connectivity index (χ1n) is 7.54. The Bertz CT molecular complexity index is 821. The van der Waals surface area contributed by atoms with Gasteiger partial charge in [-0.25, -0.2) is 0 Å². The number of hydrogen-bond donors (Lipinski definition) is 2. The fourth-order valence-electron chi connectivity index (χ4n) is 3.32. The van der Waals surface area contributed by atoms with Crippen molar-refractivity contribution in [3.63, 3.8) is 0 Å². The van der Waals surface area contributed by atoms with Crippen molar-refractivity contribution in [2.45, 2.75) is 5.41 Å². The van der Waals surface area contributed by atoms with Crippen molar-refractivity contribution in [1.29, 1.82) is 0 Å². The molecule has 4 nitrogen and oxygen atoms in total. The molecule has 1 aliphatic carbocycles. The highest BCUT2D eigenvalue weighted by molar-refractivity contribution is 6.04. The van der Waals surface area contributed by atoms with Gasteiger partial charge in [0, 0.05) is 0 Å². The number of allylic oxidation sites excluding steroid dienone is 2. The third-order valence-corrected chi connectivity index (χ3v) is 4.38. The Morgan fingerprint density at radius 2 is 1.46 bits per heavy atom. The molecule has 0 bridgehead atoms. The summed E-state index contributed by atoms with van der Waals surface area (Å²) in [6, 6.07) is 17.6. The van der Waals surface area contributed by atoms with Gasteiger partial charge in [-0.1, -0.05) is 78.9 Å². The zero-order valence-electron chi connectivity index (χ0n) is 12.8. The largest absolute Gasteiger partial charge is 0.481 e. The second-order valence-corrected chi connectivity index (χ2v) is 5.63. The molecule has 0 spiro atoms. The Morgan fingerprint density at radius 1 is 0.875 bits per heavy atom. The molecule has 0 amide bonds. The molecule has 2 unspecified atom stereocenters. The van der Waals surface area contributed by atoms with Crippen LogP contribution >= 0.6 is 0 Å². The summed E-state index contributed by atoms with van der Waals surface area (Å²) in [5, 5.41) is 19.9. The second kappa shape index (κ2) is 6.16. The van der Waals surface area contributed by atoms with Crippen molar-refractivity contribution < 1.29 is 19.8 Å². The molecule has 2 atom stereocenters. The van der Waals surface area contributed by atoms with Crippen LogP contribution in [0.1, 0.15) is 11.1 Å². The van der Waals surface area contributed by atoms with Crippen LogP contribution < -0.4 is 0 Å². The first-order valence-corrected chi connectivity index (χ1v) is 7.54. The van der Waals surface area contributed by atoms with Crippen LogP contribution in [0.15, 0.2) is 78.9 Å². The molecule has 0 aromatic heterocycles. The molecule has 0 saturated carbocycles. The minimum Gasteiger partial charge on any atom is -0.481 e. The first kappa shape index (κ1) is 15.7. The standard InChI is InChI=1S/C20H16O4/c21-18(22)17-13-7-12-16(14-8-3-1-4-9-14)20(17,19(23)24)15-10-5-2-6-11-15/h1-13,17H,(H,21,22)(H,23,24). The third kappa shape index (κ3) is 2.33. The molecule has 0 fully saturated rings. The molecule has 2 aromatic rings. The highest BCUT2D eigenvalue weighted by Gasteiger charge is 2.54. The van der Waals surface area contributed by atoms with Crippen LogP contribution in [0.4, 0.5) is 0 Å². The highest BCUT2D eigenvalue weighted by Crippen LogP contribution is 2.47. The van der Waals surface area contributed by atoms with E-state index in [-0.39, 0.29) is 0 Å². The van der Waals surface area contributed by atoms with Crippen LogP contribution in [0.3, 0.4) is 0 Å². The predicted octanol–water partition coefficient (Wildman–Crippen LogP) is 3.36. The number of carboxylic acids is 2. The summed E-state index contributed by atoms with van der Waals surface area (Å²) in [6.45, 7) is 0. The fourth-order valence-corrected chi connectivity index (χ4v) is 3.32. The molecule has 1 aliphatic rings. The maximum Gasteiger partial charge on any atom is 0.319 e. The number of carbonyl (C=O) groups is 2. The maximum atomic E-state index is 12.4. The lowest BCUT2D eigenvalue weighted by atomic mass is 9.61. The number of hydrogen-bond acceptors (Lipinski definition) is 2. The van der Waals surface area contributed by atoms with Gasteiger partial charge in [-0.15, -0.1) is 0 Å². The lowest BCUT2D eigenvalue weighted by molar-refractivity contribution is -0.151. The van der Waals surface area contributed by atoms with E-state index in [9.17, 15) is 19.8 Å². The molecule has 24 heavy (non-hydrogen) atoms. The lowest BCUT2D eigenvalue weighted by Crippen LogP contribution is -2.47.